The average Bonchev–Trinajstić information content (AvgIpc) is 3.35. The summed E-state index contributed by atoms with van der Waals surface area (Å²) in [5.74, 6) is 1.25. The molecule has 0 radical (unpaired) electrons. The molecular weight excluding hydrogens is 374 g/mol. The second-order valence-corrected chi connectivity index (χ2v) is 7.63. The maximum Gasteiger partial charge on any atom is 0.270 e. The SMILES string of the molecule is Cc1ccc(-n2nc(-c3ccc(C)o3)cc2C(=O)N[C@H](C)c2ccccc2)c(C)c1. The van der Waals surface area contributed by atoms with E-state index in [1.807, 2.05) is 82.3 Å². The Labute approximate surface area is 176 Å². The summed E-state index contributed by atoms with van der Waals surface area (Å²) in [6.07, 6.45) is 0. The lowest BCUT2D eigenvalue weighted by Crippen LogP contribution is -2.28. The Bertz CT molecular complexity index is 1190. The second-order valence-electron chi connectivity index (χ2n) is 7.63. The third-order valence-electron chi connectivity index (χ3n) is 5.16. The summed E-state index contributed by atoms with van der Waals surface area (Å²) in [4.78, 5) is 13.2. The molecule has 4 aromatic rings. The van der Waals surface area contributed by atoms with Gasteiger partial charge in [-0.25, -0.2) is 4.68 Å². The molecule has 0 spiro atoms. The maximum atomic E-state index is 13.2. The van der Waals surface area contributed by atoms with Gasteiger partial charge < -0.3 is 9.73 Å². The maximum absolute atomic E-state index is 13.2. The van der Waals surface area contributed by atoms with Crippen molar-refractivity contribution >= 4 is 5.91 Å². The van der Waals surface area contributed by atoms with Gasteiger partial charge in [0.2, 0.25) is 0 Å². The average molecular weight is 399 g/mol. The Balaban J connectivity index is 1.75. The molecule has 2 aromatic carbocycles. The van der Waals surface area contributed by atoms with Crippen LogP contribution in [0.2, 0.25) is 0 Å². The number of hydrogen-bond donors (Lipinski definition) is 1. The minimum Gasteiger partial charge on any atom is -0.460 e. The highest BCUT2D eigenvalue weighted by Crippen LogP contribution is 2.26. The molecule has 2 aromatic heterocycles. The molecule has 0 saturated carbocycles. The van der Waals surface area contributed by atoms with Crippen molar-refractivity contribution in [1.82, 2.24) is 15.1 Å². The fourth-order valence-corrected chi connectivity index (χ4v) is 3.56. The van der Waals surface area contributed by atoms with E-state index in [0.29, 0.717) is 17.1 Å². The number of aromatic nitrogens is 2. The van der Waals surface area contributed by atoms with E-state index < -0.39 is 0 Å². The Hall–Kier alpha value is -3.60. The minimum atomic E-state index is -0.187. The van der Waals surface area contributed by atoms with Crippen molar-refractivity contribution in [3.63, 3.8) is 0 Å². The van der Waals surface area contributed by atoms with E-state index in [0.717, 1.165) is 28.1 Å². The first-order valence-corrected chi connectivity index (χ1v) is 10.0. The fourth-order valence-electron chi connectivity index (χ4n) is 3.56. The summed E-state index contributed by atoms with van der Waals surface area (Å²) in [5, 5.41) is 7.81. The van der Waals surface area contributed by atoms with Crippen LogP contribution >= 0.6 is 0 Å². The van der Waals surface area contributed by atoms with Crippen molar-refractivity contribution in [1.29, 1.82) is 0 Å². The molecule has 152 valence electrons. The van der Waals surface area contributed by atoms with Gasteiger partial charge in [0, 0.05) is 6.07 Å². The van der Waals surface area contributed by atoms with Gasteiger partial charge in [-0.3, -0.25) is 4.79 Å². The highest BCUT2D eigenvalue weighted by atomic mass is 16.3. The Morgan fingerprint density at radius 3 is 2.43 bits per heavy atom. The molecule has 30 heavy (non-hydrogen) atoms. The molecule has 0 bridgehead atoms. The predicted molar refractivity (Wildman–Crippen MR) is 118 cm³/mol. The molecular formula is C25H25N3O2. The van der Waals surface area contributed by atoms with Crippen LogP contribution in [0, 0.1) is 20.8 Å². The number of hydrogen-bond acceptors (Lipinski definition) is 3. The molecule has 5 nitrogen and oxygen atoms in total. The van der Waals surface area contributed by atoms with Crippen molar-refractivity contribution < 1.29 is 9.21 Å². The van der Waals surface area contributed by atoms with Crippen LogP contribution in [0.15, 0.2) is 71.1 Å². The van der Waals surface area contributed by atoms with E-state index >= 15 is 0 Å². The largest absolute Gasteiger partial charge is 0.460 e. The van der Waals surface area contributed by atoms with Crippen molar-refractivity contribution in [3.05, 3.63) is 94.9 Å². The van der Waals surface area contributed by atoms with Gasteiger partial charge >= 0.3 is 0 Å². The number of rotatable bonds is 5. The van der Waals surface area contributed by atoms with E-state index in [1.165, 1.54) is 0 Å². The highest BCUT2D eigenvalue weighted by Gasteiger charge is 2.21. The number of nitrogens with zero attached hydrogens (tertiary/aromatic N) is 2. The van der Waals surface area contributed by atoms with Crippen LogP contribution in [-0.2, 0) is 0 Å². The van der Waals surface area contributed by atoms with Gasteiger partial charge in [-0.1, -0.05) is 48.0 Å². The summed E-state index contributed by atoms with van der Waals surface area (Å²) in [6, 6.07) is 21.4. The van der Waals surface area contributed by atoms with Gasteiger partial charge in [-0.15, -0.1) is 0 Å². The molecule has 0 saturated heterocycles. The number of amides is 1. The van der Waals surface area contributed by atoms with Gasteiger partial charge in [0.1, 0.15) is 17.1 Å². The highest BCUT2D eigenvalue weighted by molar-refractivity contribution is 5.94. The lowest BCUT2D eigenvalue weighted by molar-refractivity contribution is 0.0932. The molecule has 4 rings (SSSR count). The smallest absolute Gasteiger partial charge is 0.270 e. The van der Waals surface area contributed by atoms with Crippen LogP contribution in [0.1, 0.15) is 45.9 Å². The number of benzene rings is 2. The molecule has 1 atom stereocenters. The number of carbonyl (C=O) groups is 1. The van der Waals surface area contributed by atoms with Crippen molar-refractivity contribution in [3.8, 4) is 17.1 Å². The van der Waals surface area contributed by atoms with E-state index in [1.54, 1.807) is 10.7 Å². The van der Waals surface area contributed by atoms with Crippen LogP contribution < -0.4 is 5.32 Å². The van der Waals surface area contributed by atoms with Gasteiger partial charge in [-0.05, 0) is 57.0 Å². The van der Waals surface area contributed by atoms with Crippen molar-refractivity contribution in [2.24, 2.45) is 0 Å². The predicted octanol–water partition coefficient (Wildman–Crippen LogP) is 5.55. The second kappa shape index (κ2) is 8.03. The zero-order valence-electron chi connectivity index (χ0n) is 17.6. The first-order chi connectivity index (χ1) is 14.4. The van der Waals surface area contributed by atoms with Gasteiger partial charge in [0.25, 0.3) is 5.91 Å². The van der Waals surface area contributed by atoms with Gasteiger partial charge in [-0.2, -0.15) is 5.10 Å². The van der Waals surface area contributed by atoms with E-state index in [4.69, 9.17) is 9.52 Å². The molecule has 0 aliphatic carbocycles. The topological polar surface area (TPSA) is 60.1 Å². The van der Waals surface area contributed by atoms with Crippen molar-refractivity contribution in [2.75, 3.05) is 0 Å². The molecule has 1 N–H and O–H groups in total. The van der Waals surface area contributed by atoms with E-state index in [9.17, 15) is 4.79 Å². The Kier molecular flexibility index (Phi) is 5.27. The standard InChI is InChI=1S/C25H25N3O2/c1-16-10-12-22(17(2)14-16)28-23(15-21(27-28)24-13-11-18(3)30-24)25(29)26-19(4)20-8-6-5-7-9-20/h5-15,19H,1-4H3,(H,26,29)/t19-/m1/s1. The van der Waals surface area contributed by atoms with Crippen molar-refractivity contribution in [2.45, 2.75) is 33.7 Å². The zero-order chi connectivity index (χ0) is 21.3. The summed E-state index contributed by atoms with van der Waals surface area (Å²) in [7, 11) is 0. The minimum absolute atomic E-state index is 0.129. The first kappa shape index (κ1) is 19.7. The number of furan rings is 1. The van der Waals surface area contributed by atoms with Gasteiger partial charge in [0.05, 0.1) is 11.7 Å². The van der Waals surface area contributed by atoms with Crippen LogP contribution in [-0.4, -0.2) is 15.7 Å². The summed E-state index contributed by atoms with van der Waals surface area (Å²) >= 11 is 0. The molecule has 0 aliphatic rings. The Morgan fingerprint density at radius 2 is 1.77 bits per heavy atom. The third kappa shape index (κ3) is 3.92. The molecule has 1 amide bonds. The molecule has 0 fully saturated rings. The normalized spacial score (nSPS) is 12.0. The van der Waals surface area contributed by atoms with Crippen LogP contribution in [0.3, 0.4) is 0 Å². The lowest BCUT2D eigenvalue weighted by Gasteiger charge is -2.15. The van der Waals surface area contributed by atoms with E-state index in [-0.39, 0.29) is 11.9 Å². The molecule has 0 unspecified atom stereocenters. The quantitative estimate of drug-likeness (QED) is 0.479. The van der Waals surface area contributed by atoms with Crippen LogP contribution in [0.5, 0.6) is 0 Å². The van der Waals surface area contributed by atoms with Crippen LogP contribution in [0.4, 0.5) is 0 Å². The number of aryl methyl sites for hydroxylation is 3. The molecule has 5 heteroatoms. The fraction of sp³-hybridized carbons (Fsp3) is 0.200. The first-order valence-electron chi connectivity index (χ1n) is 10.0. The number of carbonyl (C=O) groups excluding carboxylic acids is 1. The summed E-state index contributed by atoms with van der Waals surface area (Å²) in [5.41, 5.74) is 5.21. The molecule has 2 heterocycles. The van der Waals surface area contributed by atoms with E-state index in [2.05, 4.69) is 11.4 Å². The summed E-state index contributed by atoms with van der Waals surface area (Å²) < 4.78 is 7.45. The Morgan fingerprint density at radius 1 is 1.00 bits per heavy atom. The zero-order valence-corrected chi connectivity index (χ0v) is 17.6. The van der Waals surface area contributed by atoms with Crippen LogP contribution in [0.25, 0.3) is 17.1 Å². The monoisotopic (exact) mass is 399 g/mol. The lowest BCUT2D eigenvalue weighted by atomic mass is 10.1. The van der Waals surface area contributed by atoms with Gasteiger partial charge in [0.15, 0.2) is 5.76 Å². The number of nitrogens with one attached hydrogen (secondary N) is 1. The molecule has 0 aliphatic heterocycles. The summed E-state index contributed by atoms with van der Waals surface area (Å²) in [6.45, 7) is 7.93. The third-order valence-corrected chi connectivity index (χ3v) is 5.16.